The molecule has 3 saturated carbocycles. The summed E-state index contributed by atoms with van der Waals surface area (Å²) in [7, 11) is 0. The van der Waals surface area contributed by atoms with Gasteiger partial charge in [-0.2, -0.15) is 0 Å². The number of carbonyl (C=O) groups excluding carboxylic acids is 3. The van der Waals surface area contributed by atoms with Crippen LogP contribution in [0.5, 0.6) is 0 Å². The summed E-state index contributed by atoms with van der Waals surface area (Å²) in [5.74, 6) is 0.861. The minimum absolute atomic E-state index is 0.00337. The van der Waals surface area contributed by atoms with Crippen molar-refractivity contribution < 1.29 is 23.9 Å². The van der Waals surface area contributed by atoms with E-state index in [0.717, 1.165) is 38.5 Å². The monoisotopic (exact) mass is 388 g/mol. The molecule has 154 valence electrons. The predicted molar refractivity (Wildman–Crippen MR) is 103 cm³/mol. The average molecular weight is 389 g/mol. The van der Waals surface area contributed by atoms with E-state index in [1.807, 2.05) is 0 Å². The van der Waals surface area contributed by atoms with Gasteiger partial charge in [-0.3, -0.25) is 14.4 Å². The highest BCUT2D eigenvalue weighted by atomic mass is 16.5. The van der Waals surface area contributed by atoms with Crippen molar-refractivity contribution in [3.05, 3.63) is 11.6 Å². The Hall–Kier alpha value is -1.65. The van der Waals surface area contributed by atoms with Gasteiger partial charge >= 0.3 is 11.9 Å². The second-order valence-electron chi connectivity index (χ2n) is 9.89. The molecule has 0 unspecified atom stereocenters. The first-order valence-corrected chi connectivity index (χ1v) is 10.7. The van der Waals surface area contributed by atoms with Crippen LogP contribution in [-0.4, -0.2) is 29.9 Å². The zero-order chi connectivity index (χ0) is 20.3. The molecule has 0 aromatic rings. The van der Waals surface area contributed by atoms with Crippen molar-refractivity contribution in [1.29, 1.82) is 0 Å². The van der Waals surface area contributed by atoms with Gasteiger partial charge in [-0.25, -0.2) is 0 Å². The minimum Gasteiger partial charge on any atom is -0.462 e. The zero-order valence-electron chi connectivity index (χ0n) is 17.5. The number of allylic oxidation sites excluding steroid dienone is 1. The third kappa shape index (κ3) is 2.93. The van der Waals surface area contributed by atoms with E-state index in [1.54, 1.807) is 0 Å². The summed E-state index contributed by atoms with van der Waals surface area (Å²) < 4.78 is 10.9. The molecule has 4 aliphatic carbocycles. The normalized spacial score (nSPS) is 44.6. The maximum atomic E-state index is 13.0. The first-order chi connectivity index (χ1) is 13.1. The molecule has 5 heteroatoms. The summed E-state index contributed by atoms with van der Waals surface area (Å²) in [5.41, 5.74) is 1.21. The highest BCUT2D eigenvalue weighted by Crippen LogP contribution is 2.64. The number of Topliss-reactive ketones (excluding diaryl/α,β-unsaturated/α-hetero) is 1. The molecule has 7 atom stereocenters. The van der Waals surface area contributed by atoms with Crippen molar-refractivity contribution in [2.75, 3.05) is 0 Å². The molecular weight excluding hydrogens is 356 g/mol. The molecule has 0 aromatic heterocycles. The van der Waals surface area contributed by atoms with Crippen LogP contribution in [0.1, 0.15) is 72.6 Å². The Labute approximate surface area is 167 Å². The fraction of sp³-hybridized carbons (Fsp3) is 0.783. The van der Waals surface area contributed by atoms with Crippen molar-refractivity contribution in [1.82, 2.24) is 0 Å². The molecule has 0 bridgehead atoms. The van der Waals surface area contributed by atoms with Gasteiger partial charge in [-0.05, 0) is 61.7 Å². The number of rotatable bonds is 2. The Balaban J connectivity index is 1.58. The van der Waals surface area contributed by atoms with Crippen molar-refractivity contribution in [2.24, 2.45) is 28.6 Å². The van der Waals surface area contributed by atoms with Crippen LogP contribution in [0.15, 0.2) is 11.6 Å². The van der Waals surface area contributed by atoms with Crippen molar-refractivity contribution >= 4 is 17.7 Å². The van der Waals surface area contributed by atoms with Gasteiger partial charge < -0.3 is 9.47 Å². The van der Waals surface area contributed by atoms with Crippen LogP contribution in [0.25, 0.3) is 0 Å². The van der Waals surface area contributed by atoms with E-state index < -0.39 is 6.10 Å². The lowest BCUT2D eigenvalue weighted by molar-refractivity contribution is -0.153. The summed E-state index contributed by atoms with van der Waals surface area (Å²) in [6.07, 6.45) is 8.16. The minimum atomic E-state index is -0.566. The maximum Gasteiger partial charge on any atom is 0.303 e. The molecule has 0 aromatic carbocycles. The van der Waals surface area contributed by atoms with Crippen LogP contribution < -0.4 is 0 Å². The first-order valence-electron chi connectivity index (χ1n) is 10.7. The Bertz CT molecular complexity index is 739. The summed E-state index contributed by atoms with van der Waals surface area (Å²) in [5, 5.41) is 0. The lowest BCUT2D eigenvalue weighted by Gasteiger charge is -2.56. The molecule has 28 heavy (non-hydrogen) atoms. The molecule has 4 rings (SSSR count). The topological polar surface area (TPSA) is 69.7 Å². The Morgan fingerprint density at radius 1 is 1.00 bits per heavy atom. The van der Waals surface area contributed by atoms with Crippen LogP contribution in [-0.2, 0) is 23.9 Å². The average Bonchev–Trinajstić information content (AvgIpc) is 2.86. The Morgan fingerprint density at radius 2 is 1.68 bits per heavy atom. The quantitative estimate of drug-likeness (QED) is 0.528. The van der Waals surface area contributed by atoms with Crippen LogP contribution in [0.3, 0.4) is 0 Å². The number of hydrogen-bond donors (Lipinski definition) is 0. The lowest BCUT2D eigenvalue weighted by atomic mass is 9.48. The van der Waals surface area contributed by atoms with E-state index in [-0.39, 0.29) is 40.6 Å². The summed E-state index contributed by atoms with van der Waals surface area (Å²) >= 11 is 0. The van der Waals surface area contributed by atoms with Crippen LogP contribution in [0.2, 0.25) is 0 Å². The number of carbonyl (C=O) groups is 3. The number of fused-ring (bicyclic) bond motifs is 5. The predicted octanol–water partition coefficient (Wildman–Crippen LogP) is 3.99. The van der Waals surface area contributed by atoms with Crippen molar-refractivity contribution in [3.8, 4) is 0 Å². The van der Waals surface area contributed by atoms with Gasteiger partial charge in [-0.15, -0.1) is 0 Å². The van der Waals surface area contributed by atoms with E-state index >= 15 is 0 Å². The first kappa shape index (κ1) is 19.7. The SMILES string of the molecule is CC(=O)O[C@@H]1CC[C@]2(C)C(=CC[C@@H]3[C@@H]4C[C@@H](OC(C)=O)C(=O)[C@@]4(C)CC[C@@H]32)C1. The lowest BCUT2D eigenvalue weighted by Crippen LogP contribution is -2.50. The van der Waals surface area contributed by atoms with Gasteiger partial charge in [0.1, 0.15) is 6.10 Å². The van der Waals surface area contributed by atoms with Crippen LogP contribution >= 0.6 is 0 Å². The van der Waals surface area contributed by atoms with Gasteiger partial charge in [0, 0.05) is 25.7 Å². The molecule has 0 heterocycles. The highest BCUT2D eigenvalue weighted by Gasteiger charge is 2.62. The van der Waals surface area contributed by atoms with Crippen LogP contribution in [0.4, 0.5) is 0 Å². The van der Waals surface area contributed by atoms with E-state index in [2.05, 4.69) is 19.9 Å². The van der Waals surface area contributed by atoms with Crippen LogP contribution in [0, 0.1) is 28.6 Å². The summed E-state index contributed by atoms with van der Waals surface area (Å²) in [6.45, 7) is 7.35. The number of esters is 2. The van der Waals surface area contributed by atoms with E-state index in [1.165, 1.54) is 19.4 Å². The molecule has 5 nitrogen and oxygen atoms in total. The Morgan fingerprint density at radius 3 is 2.36 bits per heavy atom. The van der Waals surface area contributed by atoms with Gasteiger partial charge in [0.15, 0.2) is 11.9 Å². The number of ketones is 1. The summed E-state index contributed by atoms with van der Waals surface area (Å²) in [6, 6.07) is 0. The number of ether oxygens (including phenoxy) is 2. The molecule has 0 saturated heterocycles. The third-order valence-electron chi connectivity index (χ3n) is 8.41. The molecule has 0 radical (unpaired) electrons. The Kier molecular flexibility index (Phi) is 4.71. The van der Waals surface area contributed by atoms with Gasteiger partial charge in [-0.1, -0.05) is 25.5 Å². The molecule has 3 fully saturated rings. The van der Waals surface area contributed by atoms with Gasteiger partial charge in [0.25, 0.3) is 0 Å². The van der Waals surface area contributed by atoms with Gasteiger partial charge in [0.2, 0.25) is 0 Å². The maximum absolute atomic E-state index is 13.0. The fourth-order valence-corrected chi connectivity index (χ4v) is 7.03. The molecular formula is C23H32O5. The molecule has 0 spiro atoms. The van der Waals surface area contributed by atoms with Crippen molar-refractivity contribution in [3.63, 3.8) is 0 Å². The second-order valence-corrected chi connectivity index (χ2v) is 9.89. The smallest absolute Gasteiger partial charge is 0.303 e. The van der Waals surface area contributed by atoms with Crippen molar-refractivity contribution in [2.45, 2.75) is 84.8 Å². The van der Waals surface area contributed by atoms with E-state index in [4.69, 9.17) is 9.47 Å². The summed E-state index contributed by atoms with van der Waals surface area (Å²) in [4.78, 5) is 35.9. The third-order valence-corrected chi connectivity index (χ3v) is 8.41. The molecule has 0 aliphatic heterocycles. The second kappa shape index (κ2) is 6.70. The highest BCUT2D eigenvalue weighted by molar-refractivity contribution is 5.92. The number of hydrogen-bond acceptors (Lipinski definition) is 5. The zero-order valence-corrected chi connectivity index (χ0v) is 17.5. The standard InChI is InChI=1S/C23H32O5/c1-13(24)27-16-7-9-22(3)15(11-16)5-6-17-18(22)8-10-23(4)19(17)12-20(21(23)26)28-14(2)25/h5,16-20H,6-12H2,1-4H3/t16-,17+,18+,19+,20-,22-,23+/m1/s1. The fourth-order valence-electron chi connectivity index (χ4n) is 7.03. The molecule has 4 aliphatic rings. The largest absolute Gasteiger partial charge is 0.462 e. The molecule has 0 amide bonds. The molecule has 0 N–H and O–H groups in total. The van der Waals surface area contributed by atoms with Gasteiger partial charge in [0.05, 0.1) is 0 Å². The van der Waals surface area contributed by atoms with E-state index in [9.17, 15) is 14.4 Å². The van der Waals surface area contributed by atoms with E-state index in [0.29, 0.717) is 18.3 Å².